The zero-order valence-corrected chi connectivity index (χ0v) is 78.9. The zero-order valence-electron chi connectivity index (χ0n) is 135. The molecule has 0 bridgehead atoms. The van der Waals surface area contributed by atoms with Gasteiger partial charge in [0, 0.05) is 144 Å². The number of hydrogen-bond acceptors (Lipinski definition) is 15. The zero-order chi connectivity index (χ0) is 156. The van der Waals surface area contributed by atoms with Crippen molar-refractivity contribution in [3.8, 4) is 33.4 Å². The molecule has 15 rings (SSSR count). The summed E-state index contributed by atoms with van der Waals surface area (Å²) >= 11 is -0.712. The van der Waals surface area contributed by atoms with E-state index in [-0.39, 0.29) is 107 Å². The summed E-state index contributed by atoms with van der Waals surface area (Å²) in [7, 11) is 0. The van der Waals surface area contributed by atoms with Crippen molar-refractivity contribution in [1.29, 1.82) is 0 Å². The van der Waals surface area contributed by atoms with Crippen LogP contribution in [0, 0.1) is 29.2 Å². The fraction of sp³-hybridized carbons (Fsp3) is 0.378. The molecule has 0 spiro atoms. The number of halogens is 12. The summed E-state index contributed by atoms with van der Waals surface area (Å²) in [4.78, 5) is 96.2. The lowest BCUT2D eigenvalue weighted by Crippen LogP contribution is -2.42. The Balaban J connectivity index is 0.000000245. The van der Waals surface area contributed by atoms with Crippen molar-refractivity contribution < 1.29 is 148 Å². The van der Waals surface area contributed by atoms with Crippen LogP contribution in [0.5, 0.6) is 0 Å². The van der Waals surface area contributed by atoms with E-state index in [1.54, 1.807) is 0 Å². The average Bonchev–Trinajstić information content (AvgIpc) is 1.50. The smallest absolute Gasteiger partial charge is 0.336 e. The lowest BCUT2D eigenvalue weighted by molar-refractivity contribution is -0.138. The standard InChI is InChI=1S/3C37H40F4N4O2S/c2*1-4-43(5-2)18-19-44(22-26-6-10-28(11-7-26)29-12-14-30(15-13-29)37(39,40)41)34(46)23-45-33-21-25(3)20-32(33)35(47)42-36(45)48-24-27-8-16-31(38)17-9-27;1-4-43(5-2)21-22-44(25(3)27-11-13-28(14-12-27)29-15-17-30(18-16-29)37(39,40)41)34(46)23-45-33-8-6-7-32(33)35(47)42-36(45)48-24-26-9-19-31(38)20-10-26/h2*6-17,25H,4-5,18-24H2,1-3H3;9-20,25H,4-8,21-24H2,1-3H3/i6D,7D,8D,9D,10D,11D,12D,13D,14D,15D,16D,17D,18D2,19D2,20D2,21D2,22D2,23D2,24D2,25D;4D2,5D2,18D2,19D2,20D2,21D2,22D2,23D2,24D2,25D;4D2,5D2,21D2,22D2,23D2,24D2,25D. The number of alkyl halides is 9. The van der Waals surface area contributed by atoms with E-state index in [2.05, 4.69) is 15.0 Å². The van der Waals surface area contributed by atoms with Crippen LogP contribution in [0.15, 0.2) is 248 Å². The summed E-state index contributed by atoms with van der Waals surface area (Å²) in [6.07, 6.45) is -28.9. The average molecular weight is 2100 g/mol. The molecule has 3 aliphatic carbocycles. The van der Waals surface area contributed by atoms with Crippen LogP contribution >= 0.6 is 35.3 Å². The summed E-state index contributed by atoms with van der Waals surface area (Å²) < 4.78 is 685. The fourth-order valence-electron chi connectivity index (χ4n) is 12.9. The van der Waals surface area contributed by atoms with Gasteiger partial charge in [-0.25, -0.2) is 13.2 Å². The van der Waals surface area contributed by atoms with Crippen LogP contribution < -0.4 is 16.7 Å². The predicted molar refractivity (Wildman–Crippen MR) is 544 cm³/mol. The van der Waals surface area contributed by atoms with Crippen molar-refractivity contribution in [3.63, 3.8) is 0 Å². The molecule has 762 valence electrons. The van der Waals surface area contributed by atoms with Crippen molar-refractivity contribution in [3.05, 3.63) is 350 Å². The first-order valence-corrected chi connectivity index (χ1v) is 44.8. The fourth-order valence-corrected chi connectivity index (χ4v) is 15.0. The Morgan fingerprint density at radius 2 is 0.757 bits per heavy atom. The number of carbonyl (C=O) groups excluding carboxylic acids is 3. The Labute approximate surface area is 927 Å². The maximum Gasteiger partial charge on any atom is 0.416 e. The molecule has 3 amide bonds. The van der Waals surface area contributed by atoms with Crippen LogP contribution in [0.25, 0.3) is 33.4 Å². The van der Waals surface area contributed by atoms with E-state index in [0.29, 0.717) is 37.2 Å². The predicted octanol–water partition coefficient (Wildman–Crippen LogP) is 22.7. The second kappa shape index (κ2) is 50.3. The monoisotopic (exact) mass is 2100 g/mol. The number of fused-ring (bicyclic) bond motifs is 3. The van der Waals surface area contributed by atoms with Gasteiger partial charge in [-0.05, 0) is 242 Å². The molecular weight excluding hydrogens is 1920 g/mol. The number of amides is 3. The number of hydrogen-bond donors (Lipinski definition) is 0. The summed E-state index contributed by atoms with van der Waals surface area (Å²) in [6.45, 7) is -52.4. The second-order valence-electron chi connectivity index (χ2n) is 29.7. The topological polar surface area (TPSA) is 175 Å². The third kappa shape index (κ3) is 29.3. The number of rotatable bonds is 39. The molecular formula is C111H120F12N12O6S3. The lowest BCUT2D eigenvalue weighted by Gasteiger charge is -2.33. The van der Waals surface area contributed by atoms with Gasteiger partial charge < -0.3 is 43.1 Å². The van der Waals surface area contributed by atoms with Crippen LogP contribution in [-0.4, -0.2) is 154 Å². The third-order valence-corrected chi connectivity index (χ3v) is 22.5. The van der Waals surface area contributed by atoms with Crippen molar-refractivity contribution >= 4 is 53.0 Å². The Morgan fingerprint density at radius 3 is 1.17 bits per heavy atom. The Bertz CT molecular complexity index is 9680. The second-order valence-corrected chi connectivity index (χ2v) is 32.0. The molecule has 3 aromatic heterocycles. The molecule has 18 nitrogen and oxygen atoms in total. The minimum absolute atomic E-state index is 0.0507. The van der Waals surface area contributed by atoms with E-state index in [1.807, 2.05) is 0 Å². The first-order valence-electron chi connectivity index (χ1n) is 71.8. The number of benzene rings is 9. The molecule has 0 fully saturated rings. The van der Waals surface area contributed by atoms with E-state index >= 15 is 14.4 Å². The molecule has 0 N–H and O–H groups in total. The van der Waals surface area contributed by atoms with Gasteiger partial charge in [0.15, 0.2) is 15.5 Å². The highest BCUT2D eigenvalue weighted by molar-refractivity contribution is 7.98. The first kappa shape index (κ1) is 55.1. The van der Waals surface area contributed by atoms with Crippen LogP contribution in [0.4, 0.5) is 52.7 Å². The first-order chi connectivity index (χ1) is 91.2. The molecule has 144 heavy (non-hydrogen) atoms. The number of thioether (sulfide) groups is 3. The summed E-state index contributed by atoms with van der Waals surface area (Å²) in [5.74, 6) is -17.1. The van der Waals surface area contributed by atoms with Crippen molar-refractivity contribution in [2.45, 2.75) is 197 Å². The van der Waals surface area contributed by atoms with Gasteiger partial charge in [-0.3, -0.25) is 28.8 Å². The molecule has 3 aliphatic rings. The van der Waals surface area contributed by atoms with Gasteiger partial charge in [0.25, 0.3) is 16.7 Å². The van der Waals surface area contributed by atoms with E-state index in [4.69, 9.17) is 57.6 Å². The van der Waals surface area contributed by atoms with E-state index in [9.17, 15) is 90.4 Å². The number of aromatic nitrogens is 6. The molecule has 3 heterocycles. The highest BCUT2D eigenvalue weighted by Gasteiger charge is 2.36. The summed E-state index contributed by atoms with van der Waals surface area (Å²) in [5, 5.41) is -3.69. The summed E-state index contributed by atoms with van der Waals surface area (Å²) in [6, 6.07) is 1.80. The number of carbonyl (C=O) groups is 3. The number of nitrogens with zero attached hydrogens (tertiary/aromatic N) is 12. The Morgan fingerprint density at radius 1 is 0.403 bits per heavy atom. The molecule has 3 atom stereocenters. The van der Waals surface area contributed by atoms with Crippen LogP contribution in [0.1, 0.15) is 239 Å². The van der Waals surface area contributed by atoms with Crippen molar-refractivity contribution in [2.75, 3.05) is 78.1 Å². The van der Waals surface area contributed by atoms with E-state index in [1.165, 1.54) is 38.1 Å². The van der Waals surface area contributed by atoms with Crippen molar-refractivity contribution in [2.24, 2.45) is 11.8 Å². The quantitative estimate of drug-likeness (QED) is 0.0202. The van der Waals surface area contributed by atoms with Crippen LogP contribution in [-0.2, 0) is 121 Å². The normalized spacial score (nSPS) is 24.5. The molecule has 9 aromatic carbocycles. The molecule has 3 unspecified atom stereocenters. The van der Waals surface area contributed by atoms with Crippen LogP contribution in [0.3, 0.4) is 0 Å². The molecule has 33 heteroatoms. The van der Waals surface area contributed by atoms with Gasteiger partial charge in [0.05, 0.1) is 62.5 Å². The molecule has 0 saturated heterocycles. The lowest BCUT2D eigenvalue weighted by atomic mass is 9.99. The number of likely N-dealkylation sites (N-methyl/N-ethyl adjacent to an activating group) is 3. The maximum absolute atomic E-state index is 15.5. The van der Waals surface area contributed by atoms with Gasteiger partial charge in [0.2, 0.25) is 17.7 Å². The van der Waals surface area contributed by atoms with Gasteiger partial charge in [-0.15, -0.1) is 0 Å². The Kier molecular flexibility index (Phi) is 19.2. The molecule has 0 radical (unpaired) electrons. The SMILES string of the molecule is [2H]C([2H])(Sc1nc(=O)c2c(n1C([2H])([2H])C(=O)N(C([2H])(C)c1ccc(-c3ccc(C(F)(F)F)cc3)cc1)C([2H])([2H])C([2H])([2H])N(C([2H])([2H])C)C([2H])([2H])C)CCC2)c1ccc(F)cc1.[2H]C([2H])(Sc1nc(=O)c2c(n1C([2H])([2H])C(=O)N(C([2H])([2H])c1ccc(-c3ccc(C(F)(F)F)cc3)cc1)C([2H])([2H])C([2H])([2H])N(C([2H])([2H])C)C([2H])([2H])C)C([2H])([2H])C([2H])(C)C2([2H])[2H])c1ccc(F)cc1.[2H]c1c([2H])c(C([2H])([2H])Sc2nc(=O)c3c(n2C([2H])([2H])C(=O)N(C([2H])([2H])c2c([2H])c([2H])c(-c4c([2H])c([2H])c(C(F)(F)F)c([2H])c4[2H])c([2H])c2[2H])C([2H])([2H])C([2H])([2H])N(CC)CC)C([2H])([2H])C([2H])(C)C3([2H])[2H])c([2H])c([2H])c1F. The van der Waals surface area contributed by atoms with Gasteiger partial charge >= 0.3 is 18.5 Å². The molecule has 0 saturated carbocycles. The van der Waals surface area contributed by atoms with Crippen molar-refractivity contribution in [1.82, 2.24) is 58.1 Å². The van der Waals surface area contributed by atoms with E-state index in [0.717, 1.165) is 142 Å². The summed E-state index contributed by atoms with van der Waals surface area (Å²) in [5.41, 5.74) is -30.7. The molecule has 0 aliphatic heterocycles. The van der Waals surface area contributed by atoms with Gasteiger partial charge in [-0.1, -0.05) is 236 Å². The third-order valence-electron chi connectivity index (χ3n) is 20.1. The minimum Gasteiger partial charge on any atom is -0.336 e. The highest BCUT2D eigenvalue weighted by atomic mass is 32.2. The maximum atomic E-state index is 15.5. The van der Waals surface area contributed by atoms with Crippen LogP contribution in [0.2, 0.25) is 0 Å². The molecule has 12 aromatic rings. The highest BCUT2D eigenvalue weighted by Crippen LogP contribution is 2.39. The largest absolute Gasteiger partial charge is 0.416 e. The van der Waals surface area contributed by atoms with Gasteiger partial charge in [-0.2, -0.15) is 54.5 Å². The van der Waals surface area contributed by atoms with E-state index < -0.39 is 428 Å². The van der Waals surface area contributed by atoms with Gasteiger partial charge in [0.1, 0.15) is 36.9 Å². The Hall–Kier alpha value is -11.9. The minimum atomic E-state index is -5.52.